The van der Waals surface area contributed by atoms with Gasteiger partial charge in [0.2, 0.25) is 5.91 Å². The Morgan fingerprint density at radius 1 is 1.35 bits per heavy atom. The van der Waals surface area contributed by atoms with Gasteiger partial charge < -0.3 is 14.7 Å². The van der Waals surface area contributed by atoms with Crippen molar-refractivity contribution in [3.63, 3.8) is 0 Å². The van der Waals surface area contributed by atoms with Gasteiger partial charge in [0.15, 0.2) is 0 Å². The van der Waals surface area contributed by atoms with Gasteiger partial charge in [0.25, 0.3) is 0 Å². The lowest BCUT2D eigenvalue weighted by atomic mass is 9.75. The average Bonchev–Trinajstić information content (AvgIpc) is 2.54. The third kappa shape index (κ3) is 3.52. The van der Waals surface area contributed by atoms with Gasteiger partial charge in [0.05, 0.1) is 13.2 Å². The quantitative estimate of drug-likeness (QED) is 0.929. The van der Waals surface area contributed by atoms with E-state index in [1.807, 2.05) is 23.1 Å². The first-order chi connectivity index (χ1) is 11.1. The fourth-order valence-corrected chi connectivity index (χ4v) is 4.07. The molecule has 126 valence electrons. The molecule has 2 bridgehead atoms. The van der Waals surface area contributed by atoms with E-state index in [0.717, 1.165) is 37.2 Å². The summed E-state index contributed by atoms with van der Waals surface area (Å²) >= 11 is 0. The summed E-state index contributed by atoms with van der Waals surface area (Å²) < 4.78 is 5.27. The molecule has 1 aliphatic heterocycles. The molecule has 1 aliphatic carbocycles. The molecule has 3 atom stereocenters. The van der Waals surface area contributed by atoms with Gasteiger partial charge in [0.1, 0.15) is 5.75 Å². The number of rotatable bonds is 4. The van der Waals surface area contributed by atoms with Gasteiger partial charge in [-0.1, -0.05) is 25.5 Å². The normalized spacial score (nSPS) is 28.3. The Kier molecular flexibility index (Phi) is 4.90. The van der Waals surface area contributed by atoms with Crippen LogP contribution in [0.15, 0.2) is 24.3 Å². The molecule has 1 amide bonds. The third-order valence-corrected chi connectivity index (χ3v) is 5.52. The Balaban J connectivity index is 1.62. The summed E-state index contributed by atoms with van der Waals surface area (Å²) in [5.41, 5.74) is 1.13. The van der Waals surface area contributed by atoms with Crippen LogP contribution in [0.2, 0.25) is 0 Å². The number of hydrogen-bond donors (Lipinski definition) is 1. The van der Waals surface area contributed by atoms with Crippen molar-refractivity contribution >= 4 is 5.91 Å². The maximum atomic E-state index is 12.7. The zero-order valence-corrected chi connectivity index (χ0v) is 14.1. The molecular formula is C19H27NO3. The van der Waals surface area contributed by atoms with Gasteiger partial charge in [-0.2, -0.15) is 0 Å². The van der Waals surface area contributed by atoms with Gasteiger partial charge in [-0.15, -0.1) is 0 Å². The molecule has 1 aromatic carbocycles. The topological polar surface area (TPSA) is 49.8 Å². The molecule has 4 heteroatoms. The second-order valence-electron chi connectivity index (χ2n) is 7.12. The molecule has 1 heterocycles. The second kappa shape index (κ2) is 6.91. The molecule has 3 unspecified atom stereocenters. The lowest BCUT2D eigenvalue weighted by molar-refractivity contribution is -0.140. The van der Waals surface area contributed by atoms with Gasteiger partial charge >= 0.3 is 0 Å². The number of likely N-dealkylation sites (tertiary alicyclic amines) is 1. The van der Waals surface area contributed by atoms with Crippen molar-refractivity contribution in [2.45, 2.75) is 44.6 Å². The van der Waals surface area contributed by atoms with Gasteiger partial charge in [-0.3, -0.25) is 4.79 Å². The van der Waals surface area contributed by atoms with E-state index in [1.165, 1.54) is 6.42 Å². The number of nitrogens with zero attached hydrogens (tertiary/aromatic N) is 1. The Labute approximate surface area is 138 Å². The average molecular weight is 317 g/mol. The molecule has 1 saturated heterocycles. The standard InChI is InChI=1S/C19H27NO3/c1-13(14-5-4-8-17(10-14)23-2)9-18(21)20-11-15-6-3-7-16(12-20)19(15)22/h4-5,8,10,13,15-16,19,22H,3,6-7,9,11-12H2,1-2H3. The maximum absolute atomic E-state index is 12.7. The number of amides is 1. The third-order valence-electron chi connectivity index (χ3n) is 5.52. The van der Waals surface area contributed by atoms with E-state index >= 15 is 0 Å². The fourth-order valence-electron chi connectivity index (χ4n) is 4.07. The zero-order valence-electron chi connectivity index (χ0n) is 14.1. The lowest BCUT2D eigenvalue weighted by Gasteiger charge is -2.45. The molecule has 0 spiro atoms. The van der Waals surface area contributed by atoms with E-state index in [9.17, 15) is 9.90 Å². The first kappa shape index (κ1) is 16.3. The molecule has 23 heavy (non-hydrogen) atoms. The van der Waals surface area contributed by atoms with Crippen molar-refractivity contribution in [3.05, 3.63) is 29.8 Å². The molecule has 1 N–H and O–H groups in total. The summed E-state index contributed by atoms with van der Waals surface area (Å²) in [6, 6.07) is 7.95. The Hall–Kier alpha value is -1.55. The summed E-state index contributed by atoms with van der Waals surface area (Å²) in [7, 11) is 1.66. The predicted octanol–water partition coefficient (Wildman–Crippen LogP) is 2.81. The van der Waals surface area contributed by atoms with E-state index in [0.29, 0.717) is 6.42 Å². The summed E-state index contributed by atoms with van der Waals surface area (Å²) in [6.45, 7) is 3.54. The highest BCUT2D eigenvalue weighted by Crippen LogP contribution is 2.35. The van der Waals surface area contributed by atoms with Crippen LogP contribution in [-0.4, -0.2) is 42.2 Å². The van der Waals surface area contributed by atoms with Crippen molar-refractivity contribution in [1.29, 1.82) is 0 Å². The molecule has 3 rings (SSSR count). The number of hydrogen-bond acceptors (Lipinski definition) is 3. The lowest BCUT2D eigenvalue weighted by Crippen LogP contribution is -2.53. The minimum Gasteiger partial charge on any atom is -0.497 e. The van der Waals surface area contributed by atoms with Crippen molar-refractivity contribution in [2.75, 3.05) is 20.2 Å². The summed E-state index contributed by atoms with van der Waals surface area (Å²) in [4.78, 5) is 14.7. The molecule has 0 radical (unpaired) electrons. The van der Waals surface area contributed by atoms with Crippen LogP contribution < -0.4 is 4.74 Å². The van der Waals surface area contributed by atoms with Crippen LogP contribution in [0, 0.1) is 11.8 Å². The van der Waals surface area contributed by atoms with Crippen molar-refractivity contribution < 1.29 is 14.6 Å². The Morgan fingerprint density at radius 3 is 2.70 bits per heavy atom. The van der Waals surface area contributed by atoms with Crippen LogP contribution in [0.5, 0.6) is 5.75 Å². The highest BCUT2D eigenvalue weighted by molar-refractivity contribution is 5.77. The van der Waals surface area contributed by atoms with Gasteiger partial charge in [-0.25, -0.2) is 0 Å². The molecular weight excluding hydrogens is 290 g/mol. The van der Waals surface area contributed by atoms with Crippen molar-refractivity contribution in [1.82, 2.24) is 4.90 Å². The van der Waals surface area contributed by atoms with Gasteiger partial charge in [-0.05, 0) is 36.5 Å². The van der Waals surface area contributed by atoms with Crippen LogP contribution in [0.25, 0.3) is 0 Å². The minimum absolute atomic E-state index is 0.171. The monoisotopic (exact) mass is 317 g/mol. The number of carbonyl (C=O) groups is 1. The van der Waals surface area contributed by atoms with Crippen LogP contribution >= 0.6 is 0 Å². The molecule has 4 nitrogen and oxygen atoms in total. The number of ether oxygens (including phenoxy) is 1. The van der Waals surface area contributed by atoms with E-state index in [1.54, 1.807) is 7.11 Å². The minimum atomic E-state index is -0.205. The van der Waals surface area contributed by atoms with E-state index in [-0.39, 0.29) is 29.8 Å². The molecule has 2 fully saturated rings. The summed E-state index contributed by atoms with van der Waals surface area (Å²) in [5.74, 6) is 1.77. The van der Waals surface area contributed by atoms with Crippen LogP contribution in [0.3, 0.4) is 0 Å². The maximum Gasteiger partial charge on any atom is 0.223 e. The first-order valence-electron chi connectivity index (χ1n) is 8.68. The SMILES string of the molecule is COc1cccc(C(C)CC(=O)N2CC3CCCC(C2)C3O)c1. The van der Waals surface area contributed by atoms with Crippen molar-refractivity contribution in [3.8, 4) is 5.75 Å². The summed E-state index contributed by atoms with van der Waals surface area (Å²) in [6.07, 6.45) is 3.60. The number of aliphatic hydroxyl groups excluding tert-OH is 1. The highest BCUT2D eigenvalue weighted by atomic mass is 16.5. The Morgan fingerprint density at radius 2 is 2.04 bits per heavy atom. The highest BCUT2D eigenvalue weighted by Gasteiger charge is 2.39. The first-order valence-corrected chi connectivity index (χ1v) is 8.68. The van der Waals surface area contributed by atoms with Crippen molar-refractivity contribution in [2.24, 2.45) is 11.8 Å². The zero-order chi connectivity index (χ0) is 16.4. The van der Waals surface area contributed by atoms with E-state index < -0.39 is 0 Å². The fraction of sp³-hybridized carbons (Fsp3) is 0.632. The molecule has 1 aromatic rings. The van der Waals surface area contributed by atoms with E-state index in [2.05, 4.69) is 13.0 Å². The van der Waals surface area contributed by atoms with Crippen LogP contribution in [0.1, 0.15) is 44.1 Å². The van der Waals surface area contributed by atoms with E-state index in [4.69, 9.17) is 4.74 Å². The smallest absolute Gasteiger partial charge is 0.223 e. The van der Waals surface area contributed by atoms with Crippen LogP contribution in [-0.2, 0) is 4.79 Å². The predicted molar refractivity (Wildman–Crippen MR) is 89.4 cm³/mol. The largest absolute Gasteiger partial charge is 0.497 e. The number of methoxy groups -OCH3 is 1. The second-order valence-corrected chi connectivity index (χ2v) is 7.12. The van der Waals surface area contributed by atoms with Crippen LogP contribution in [0.4, 0.5) is 0 Å². The number of benzene rings is 1. The Bertz CT molecular complexity index is 545. The number of carbonyl (C=O) groups excluding carboxylic acids is 1. The molecule has 2 aliphatic rings. The molecule has 0 aromatic heterocycles. The number of aliphatic hydroxyl groups is 1. The number of fused-ring (bicyclic) bond motifs is 2. The summed E-state index contributed by atoms with van der Waals surface area (Å²) in [5, 5.41) is 10.3. The van der Waals surface area contributed by atoms with Gasteiger partial charge in [0, 0.05) is 31.3 Å². The molecule has 1 saturated carbocycles. The number of piperidine rings is 1.